The van der Waals surface area contributed by atoms with E-state index in [-0.39, 0.29) is 5.91 Å². The third-order valence-electron chi connectivity index (χ3n) is 3.62. The molecular weight excluding hydrogens is 268 g/mol. The molecule has 2 rings (SSSR count). The molecule has 1 saturated carbocycles. The van der Waals surface area contributed by atoms with Crippen LogP contribution in [-0.2, 0) is 11.2 Å². The van der Waals surface area contributed by atoms with E-state index in [0.717, 1.165) is 19.3 Å². The molecule has 20 heavy (non-hydrogen) atoms. The van der Waals surface area contributed by atoms with Gasteiger partial charge in [0.2, 0.25) is 5.91 Å². The normalized spacial score (nSPS) is 14.1. The van der Waals surface area contributed by atoms with Crippen molar-refractivity contribution in [3.63, 3.8) is 0 Å². The largest absolute Gasteiger partial charge is 0.393 e. The lowest BCUT2D eigenvalue weighted by Gasteiger charge is -2.22. The fourth-order valence-corrected chi connectivity index (χ4v) is 2.48. The van der Waals surface area contributed by atoms with Gasteiger partial charge in [0.05, 0.1) is 4.99 Å². The first-order valence-corrected chi connectivity index (χ1v) is 7.60. The second-order valence-corrected chi connectivity index (χ2v) is 6.05. The second-order valence-electron chi connectivity index (χ2n) is 5.52. The monoisotopic (exact) mass is 290 g/mol. The van der Waals surface area contributed by atoms with Gasteiger partial charge in [-0.15, -0.1) is 0 Å². The molecule has 2 N–H and O–H groups in total. The van der Waals surface area contributed by atoms with Crippen molar-refractivity contribution >= 4 is 23.1 Å². The molecule has 108 valence electrons. The number of nitrogens with two attached hydrogens (primary N) is 1. The Labute approximate surface area is 126 Å². The number of nitrogens with zero attached hydrogens (tertiary/aromatic N) is 1. The molecule has 1 aliphatic carbocycles. The van der Waals surface area contributed by atoms with Gasteiger partial charge in [-0.3, -0.25) is 4.79 Å². The van der Waals surface area contributed by atoms with Crippen LogP contribution in [0.3, 0.4) is 0 Å². The first-order valence-electron chi connectivity index (χ1n) is 7.19. The third-order valence-corrected chi connectivity index (χ3v) is 3.82. The van der Waals surface area contributed by atoms with Crippen LogP contribution in [0.2, 0.25) is 0 Å². The smallest absolute Gasteiger partial charge is 0.223 e. The van der Waals surface area contributed by atoms with E-state index in [9.17, 15) is 4.79 Å². The molecular formula is C16H22N2OS. The van der Waals surface area contributed by atoms with Crippen LogP contribution >= 0.6 is 12.2 Å². The minimum atomic E-state index is 0.227. The highest BCUT2D eigenvalue weighted by atomic mass is 32.1. The summed E-state index contributed by atoms with van der Waals surface area (Å²) in [7, 11) is 0. The molecule has 1 fully saturated rings. The molecule has 0 saturated heterocycles. The lowest BCUT2D eigenvalue weighted by atomic mass is 10.1. The second kappa shape index (κ2) is 6.84. The van der Waals surface area contributed by atoms with Crippen molar-refractivity contribution in [3.8, 4) is 0 Å². The SMILES string of the molecule is Cc1cccc(CCC(=O)N(CCC(N)=S)C2CC2)c1. The van der Waals surface area contributed by atoms with E-state index < -0.39 is 0 Å². The minimum Gasteiger partial charge on any atom is -0.393 e. The summed E-state index contributed by atoms with van der Waals surface area (Å²) in [6.45, 7) is 2.75. The van der Waals surface area contributed by atoms with E-state index in [4.69, 9.17) is 18.0 Å². The lowest BCUT2D eigenvalue weighted by Crippen LogP contribution is -2.35. The number of carbonyl (C=O) groups is 1. The van der Waals surface area contributed by atoms with Crippen molar-refractivity contribution in [2.45, 2.75) is 45.1 Å². The molecule has 4 heteroatoms. The van der Waals surface area contributed by atoms with Crippen molar-refractivity contribution in [1.29, 1.82) is 0 Å². The summed E-state index contributed by atoms with van der Waals surface area (Å²) in [5.41, 5.74) is 8.00. The summed E-state index contributed by atoms with van der Waals surface area (Å²) in [6, 6.07) is 8.76. The molecule has 0 spiro atoms. The van der Waals surface area contributed by atoms with Crippen LogP contribution < -0.4 is 5.73 Å². The van der Waals surface area contributed by atoms with Crippen molar-refractivity contribution in [2.24, 2.45) is 5.73 Å². The molecule has 0 radical (unpaired) electrons. The fourth-order valence-electron chi connectivity index (χ4n) is 2.39. The average Bonchev–Trinajstić information content (AvgIpc) is 3.21. The van der Waals surface area contributed by atoms with E-state index in [1.165, 1.54) is 11.1 Å². The van der Waals surface area contributed by atoms with Gasteiger partial charge in [0, 0.05) is 25.4 Å². The van der Waals surface area contributed by atoms with E-state index >= 15 is 0 Å². The molecule has 0 aromatic heterocycles. The van der Waals surface area contributed by atoms with Crippen LogP contribution in [0.1, 0.15) is 36.8 Å². The van der Waals surface area contributed by atoms with Crippen molar-refractivity contribution in [1.82, 2.24) is 4.90 Å². The van der Waals surface area contributed by atoms with Gasteiger partial charge in [0.15, 0.2) is 0 Å². The molecule has 0 heterocycles. The van der Waals surface area contributed by atoms with Gasteiger partial charge in [-0.25, -0.2) is 0 Å². The number of rotatable bonds is 7. The standard InChI is InChI=1S/C16H22N2OS/c1-12-3-2-4-13(11-12)5-8-16(19)18(14-6-7-14)10-9-15(17)20/h2-4,11,14H,5-10H2,1H3,(H2,17,20). The summed E-state index contributed by atoms with van der Waals surface area (Å²) in [4.78, 5) is 14.8. The van der Waals surface area contributed by atoms with Gasteiger partial charge in [0.1, 0.15) is 0 Å². The molecule has 1 amide bonds. The van der Waals surface area contributed by atoms with E-state index in [1.807, 2.05) is 11.0 Å². The van der Waals surface area contributed by atoms with Crippen LogP contribution in [0, 0.1) is 6.92 Å². The van der Waals surface area contributed by atoms with Gasteiger partial charge in [-0.1, -0.05) is 42.0 Å². The fraction of sp³-hybridized carbons (Fsp3) is 0.500. The average molecular weight is 290 g/mol. The minimum absolute atomic E-state index is 0.227. The Bertz CT molecular complexity index is 497. The Morgan fingerprint density at radius 1 is 1.40 bits per heavy atom. The van der Waals surface area contributed by atoms with Gasteiger partial charge >= 0.3 is 0 Å². The van der Waals surface area contributed by atoms with Crippen LogP contribution in [0.4, 0.5) is 0 Å². The zero-order valence-corrected chi connectivity index (χ0v) is 12.8. The number of benzene rings is 1. The number of thiocarbonyl (C=S) groups is 1. The Morgan fingerprint density at radius 2 is 2.15 bits per heavy atom. The summed E-state index contributed by atoms with van der Waals surface area (Å²) in [5.74, 6) is 0.227. The zero-order chi connectivity index (χ0) is 14.5. The predicted octanol–water partition coefficient (Wildman–Crippen LogP) is 2.59. The molecule has 1 aromatic carbocycles. The number of amides is 1. The van der Waals surface area contributed by atoms with Crippen LogP contribution in [-0.4, -0.2) is 28.4 Å². The van der Waals surface area contributed by atoms with Crippen molar-refractivity contribution < 1.29 is 4.79 Å². The Hall–Kier alpha value is -1.42. The van der Waals surface area contributed by atoms with Crippen LogP contribution in [0.25, 0.3) is 0 Å². The van der Waals surface area contributed by atoms with Gasteiger partial charge in [0.25, 0.3) is 0 Å². The molecule has 0 atom stereocenters. The summed E-state index contributed by atoms with van der Waals surface area (Å²) >= 11 is 4.90. The molecule has 0 bridgehead atoms. The number of aryl methyl sites for hydroxylation is 2. The molecule has 0 unspecified atom stereocenters. The topological polar surface area (TPSA) is 46.3 Å². The molecule has 1 aromatic rings. The van der Waals surface area contributed by atoms with Crippen LogP contribution in [0.15, 0.2) is 24.3 Å². The molecule has 3 nitrogen and oxygen atoms in total. The van der Waals surface area contributed by atoms with Gasteiger partial charge in [-0.05, 0) is 31.7 Å². The Balaban J connectivity index is 1.86. The highest BCUT2D eigenvalue weighted by molar-refractivity contribution is 7.80. The summed E-state index contributed by atoms with van der Waals surface area (Å²) in [6.07, 6.45) is 4.23. The summed E-state index contributed by atoms with van der Waals surface area (Å²) in [5, 5.41) is 0. The number of hydrogen-bond donors (Lipinski definition) is 1. The third kappa shape index (κ3) is 4.60. The first kappa shape index (κ1) is 15.0. The maximum Gasteiger partial charge on any atom is 0.223 e. The Morgan fingerprint density at radius 3 is 2.75 bits per heavy atom. The maximum absolute atomic E-state index is 12.3. The van der Waals surface area contributed by atoms with Gasteiger partial charge in [-0.2, -0.15) is 0 Å². The molecule has 1 aliphatic rings. The first-order chi connectivity index (χ1) is 9.56. The number of hydrogen-bond acceptors (Lipinski definition) is 2. The van der Waals surface area contributed by atoms with E-state index in [0.29, 0.717) is 30.4 Å². The summed E-state index contributed by atoms with van der Waals surface area (Å²) < 4.78 is 0. The van der Waals surface area contributed by atoms with Crippen LogP contribution in [0.5, 0.6) is 0 Å². The van der Waals surface area contributed by atoms with Gasteiger partial charge < -0.3 is 10.6 Å². The highest BCUT2D eigenvalue weighted by Gasteiger charge is 2.31. The number of carbonyl (C=O) groups excluding carboxylic acids is 1. The highest BCUT2D eigenvalue weighted by Crippen LogP contribution is 2.27. The van der Waals surface area contributed by atoms with E-state index in [2.05, 4.69) is 25.1 Å². The van der Waals surface area contributed by atoms with Crippen molar-refractivity contribution in [3.05, 3.63) is 35.4 Å². The lowest BCUT2D eigenvalue weighted by molar-refractivity contribution is -0.131. The molecule has 0 aliphatic heterocycles. The van der Waals surface area contributed by atoms with Crippen molar-refractivity contribution in [2.75, 3.05) is 6.54 Å². The maximum atomic E-state index is 12.3. The van der Waals surface area contributed by atoms with E-state index in [1.54, 1.807) is 0 Å². The Kier molecular flexibility index (Phi) is 5.12. The quantitative estimate of drug-likeness (QED) is 0.785. The zero-order valence-electron chi connectivity index (χ0n) is 12.0. The predicted molar refractivity (Wildman–Crippen MR) is 85.6 cm³/mol.